The van der Waals surface area contributed by atoms with Gasteiger partial charge in [0.05, 0.1) is 12.2 Å². The summed E-state index contributed by atoms with van der Waals surface area (Å²) in [7, 11) is 4.09. The number of likely N-dealkylation sites (tertiary alicyclic amines) is 1. The van der Waals surface area contributed by atoms with E-state index in [1.165, 1.54) is 5.56 Å². The van der Waals surface area contributed by atoms with Crippen molar-refractivity contribution in [2.45, 2.75) is 45.5 Å². The van der Waals surface area contributed by atoms with E-state index in [4.69, 9.17) is 9.83 Å². The minimum atomic E-state index is -0.450. The number of nitrogens with zero attached hydrogens (tertiary/aromatic N) is 5. The molecule has 1 aromatic heterocycles. The molecule has 4 rings (SSSR count). The number of hydroxylamine groups is 1. The summed E-state index contributed by atoms with van der Waals surface area (Å²) in [6, 6.07) is 10.7. The van der Waals surface area contributed by atoms with Crippen LogP contribution in [0.5, 0.6) is 0 Å². The van der Waals surface area contributed by atoms with Crippen molar-refractivity contribution in [3.05, 3.63) is 47.8 Å². The number of rotatable bonds is 7. The van der Waals surface area contributed by atoms with Crippen molar-refractivity contribution < 1.29 is 4.84 Å². The van der Waals surface area contributed by atoms with Crippen LogP contribution in [-0.4, -0.2) is 57.9 Å². The summed E-state index contributed by atoms with van der Waals surface area (Å²) in [6.45, 7) is 8.77. The lowest BCUT2D eigenvalue weighted by Gasteiger charge is -2.33. The van der Waals surface area contributed by atoms with Gasteiger partial charge in [-0.15, -0.1) is 0 Å². The summed E-state index contributed by atoms with van der Waals surface area (Å²) >= 11 is 0. The molecule has 0 atom stereocenters. The van der Waals surface area contributed by atoms with Crippen LogP contribution in [0.4, 0.5) is 5.69 Å². The van der Waals surface area contributed by atoms with E-state index in [2.05, 4.69) is 70.9 Å². The highest BCUT2D eigenvalue weighted by atomic mass is 16.7. The Morgan fingerprint density at radius 1 is 1.13 bits per heavy atom. The number of anilines is 1. The topological polar surface area (TPSA) is 70.0 Å². The van der Waals surface area contributed by atoms with E-state index >= 15 is 0 Å². The fourth-order valence-corrected chi connectivity index (χ4v) is 3.92. The van der Waals surface area contributed by atoms with E-state index in [0.717, 1.165) is 56.4 Å². The van der Waals surface area contributed by atoms with Gasteiger partial charge in [-0.3, -0.25) is 4.68 Å². The Morgan fingerprint density at radius 2 is 1.87 bits per heavy atom. The molecule has 0 saturated carbocycles. The molecular formula is C23H35N7O. The zero-order valence-electron chi connectivity index (χ0n) is 19.1. The molecule has 31 heavy (non-hydrogen) atoms. The number of benzene rings is 1. The fraction of sp³-hybridized carbons (Fsp3) is 0.565. The molecule has 2 aliphatic heterocycles. The third-order valence-corrected chi connectivity index (χ3v) is 5.87. The lowest BCUT2D eigenvalue weighted by molar-refractivity contribution is -0.0875. The Bertz CT molecular complexity index is 882. The zero-order chi connectivity index (χ0) is 21.8. The Hall–Kier alpha value is -2.58. The van der Waals surface area contributed by atoms with Crippen molar-refractivity contribution in [1.29, 1.82) is 0 Å². The van der Waals surface area contributed by atoms with Gasteiger partial charge in [0, 0.05) is 58.0 Å². The summed E-state index contributed by atoms with van der Waals surface area (Å²) in [5.41, 5.74) is 6.06. The predicted octanol–water partition coefficient (Wildman–Crippen LogP) is 2.80. The average molecular weight is 426 g/mol. The molecule has 2 aromatic rings. The Balaban J connectivity index is 1.49. The second-order valence-electron chi connectivity index (χ2n) is 9.20. The molecule has 1 fully saturated rings. The fourth-order valence-electron chi connectivity index (χ4n) is 3.92. The number of aromatic nitrogens is 2. The van der Waals surface area contributed by atoms with Crippen LogP contribution < -0.4 is 10.8 Å². The quantitative estimate of drug-likeness (QED) is 0.711. The number of hydrogen-bond donors (Lipinski definition) is 2. The largest absolute Gasteiger partial charge is 0.385 e. The van der Waals surface area contributed by atoms with Crippen LogP contribution in [0.3, 0.4) is 0 Å². The van der Waals surface area contributed by atoms with Crippen molar-refractivity contribution in [2.75, 3.05) is 32.0 Å². The monoisotopic (exact) mass is 425 g/mol. The number of aryl methyl sites for hydroxylation is 1. The van der Waals surface area contributed by atoms with E-state index in [9.17, 15) is 0 Å². The zero-order valence-corrected chi connectivity index (χ0v) is 19.1. The molecule has 1 aromatic carbocycles. The number of piperidine rings is 1. The highest BCUT2D eigenvalue weighted by Gasteiger charge is 2.40. The number of nitrogens with one attached hydrogen (secondary N) is 2. The maximum Gasteiger partial charge on any atom is 0.222 e. The molecule has 2 N–H and O–H groups in total. The molecule has 0 radical (unpaired) electrons. The van der Waals surface area contributed by atoms with Crippen molar-refractivity contribution in [2.24, 2.45) is 18.0 Å². The van der Waals surface area contributed by atoms with Crippen LogP contribution in [0.25, 0.3) is 0 Å². The van der Waals surface area contributed by atoms with Gasteiger partial charge < -0.3 is 15.1 Å². The molecule has 0 aliphatic carbocycles. The molecule has 8 heteroatoms. The Labute approximate surface area is 185 Å². The normalized spacial score (nSPS) is 18.3. The van der Waals surface area contributed by atoms with E-state index in [1.807, 2.05) is 24.0 Å². The molecule has 8 nitrogen and oxygen atoms in total. The molecule has 3 heterocycles. The molecule has 0 unspecified atom stereocenters. The summed E-state index contributed by atoms with van der Waals surface area (Å²) in [5, 5.41) is 8.05. The predicted molar refractivity (Wildman–Crippen MR) is 123 cm³/mol. The minimum absolute atomic E-state index is 0.450. The smallest absolute Gasteiger partial charge is 0.222 e. The molecule has 0 bridgehead atoms. The molecule has 1 saturated heterocycles. The van der Waals surface area contributed by atoms with Crippen molar-refractivity contribution in [3.63, 3.8) is 0 Å². The van der Waals surface area contributed by atoms with Gasteiger partial charge in [-0.2, -0.15) is 5.10 Å². The highest BCUT2D eigenvalue weighted by Crippen LogP contribution is 2.30. The molecule has 168 valence electrons. The van der Waals surface area contributed by atoms with Crippen LogP contribution in [0.1, 0.15) is 37.9 Å². The van der Waals surface area contributed by atoms with Gasteiger partial charge in [0.2, 0.25) is 5.96 Å². The summed E-state index contributed by atoms with van der Waals surface area (Å²) < 4.78 is 1.83. The SMILES string of the molecule is CC(C)CNc1ccc(CN(Cc2ccn(C)n2)C2=NC3(CCN(C)CC3)ON2)cc1. The summed E-state index contributed by atoms with van der Waals surface area (Å²) in [5.74, 6) is 1.41. The van der Waals surface area contributed by atoms with E-state index in [0.29, 0.717) is 12.5 Å². The van der Waals surface area contributed by atoms with Crippen LogP contribution in [-0.2, 0) is 25.0 Å². The Morgan fingerprint density at radius 3 is 2.52 bits per heavy atom. The molecule has 0 amide bonds. The van der Waals surface area contributed by atoms with Gasteiger partial charge in [0.15, 0.2) is 5.72 Å². The average Bonchev–Trinajstić information content (AvgIpc) is 3.36. The first-order valence-electron chi connectivity index (χ1n) is 11.2. The number of aliphatic imine (C=N–C) groups is 1. The van der Waals surface area contributed by atoms with Crippen LogP contribution in [0, 0.1) is 5.92 Å². The molecule has 2 aliphatic rings. The van der Waals surface area contributed by atoms with Crippen LogP contribution in [0.2, 0.25) is 0 Å². The summed E-state index contributed by atoms with van der Waals surface area (Å²) in [4.78, 5) is 15.6. The first-order chi connectivity index (χ1) is 14.9. The van der Waals surface area contributed by atoms with Gasteiger partial charge in [-0.1, -0.05) is 26.0 Å². The second kappa shape index (κ2) is 9.28. The third-order valence-electron chi connectivity index (χ3n) is 5.87. The highest BCUT2D eigenvalue weighted by molar-refractivity contribution is 5.80. The van der Waals surface area contributed by atoms with Crippen molar-refractivity contribution in [1.82, 2.24) is 25.1 Å². The summed E-state index contributed by atoms with van der Waals surface area (Å²) in [6.07, 6.45) is 3.77. The first kappa shape index (κ1) is 21.6. The maximum atomic E-state index is 6.02. The van der Waals surface area contributed by atoms with Gasteiger partial charge in [-0.25, -0.2) is 15.3 Å². The third kappa shape index (κ3) is 5.57. The van der Waals surface area contributed by atoms with Crippen LogP contribution in [0.15, 0.2) is 41.5 Å². The standard InChI is InChI=1S/C23H35N7O/c1-18(2)15-24-20-7-5-19(6-8-20)16-30(17-21-9-12-29(4)26-21)22-25-23(31-27-22)10-13-28(3)14-11-23/h5-9,12,18,24H,10-11,13-17H2,1-4H3,(H,25,27). The molecular weight excluding hydrogens is 390 g/mol. The number of guanidine groups is 1. The van der Waals surface area contributed by atoms with Gasteiger partial charge in [0.25, 0.3) is 0 Å². The van der Waals surface area contributed by atoms with E-state index in [1.54, 1.807) is 0 Å². The van der Waals surface area contributed by atoms with Crippen molar-refractivity contribution in [3.8, 4) is 0 Å². The minimum Gasteiger partial charge on any atom is -0.385 e. The lowest BCUT2D eigenvalue weighted by atomic mass is 10.0. The first-order valence-corrected chi connectivity index (χ1v) is 11.2. The number of hydrogen-bond acceptors (Lipinski definition) is 7. The van der Waals surface area contributed by atoms with Crippen LogP contribution >= 0.6 is 0 Å². The Kier molecular flexibility index (Phi) is 6.48. The second-order valence-corrected chi connectivity index (χ2v) is 9.20. The van der Waals surface area contributed by atoms with Gasteiger partial charge in [-0.05, 0) is 36.7 Å². The van der Waals surface area contributed by atoms with Gasteiger partial charge >= 0.3 is 0 Å². The van der Waals surface area contributed by atoms with E-state index < -0.39 is 5.72 Å². The van der Waals surface area contributed by atoms with E-state index in [-0.39, 0.29) is 0 Å². The molecule has 1 spiro atoms. The maximum absolute atomic E-state index is 6.02. The lowest BCUT2D eigenvalue weighted by Crippen LogP contribution is -2.43. The van der Waals surface area contributed by atoms with Crippen molar-refractivity contribution >= 4 is 11.6 Å². The van der Waals surface area contributed by atoms with Gasteiger partial charge in [0.1, 0.15) is 0 Å².